The van der Waals surface area contributed by atoms with Crippen molar-refractivity contribution >= 4 is 23.1 Å². The van der Waals surface area contributed by atoms with E-state index in [1.54, 1.807) is 19.2 Å². The van der Waals surface area contributed by atoms with E-state index in [0.717, 1.165) is 36.5 Å². The van der Waals surface area contributed by atoms with Crippen molar-refractivity contribution < 1.29 is 13.9 Å². The van der Waals surface area contributed by atoms with Gasteiger partial charge >= 0.3 is 6.03 Å². The maximum Gasteiger partial charge on any atom is 0.322 e. The minimum absolute atomic E-state index is 0.269. The Labute approximate surface area is 213 Å². The maximum atomic E-state index is 13.9. The van der Waals surface area contributed by atoms with Crippen LogP contribution in [0, 0.1) is 5.82 Å². The van der Waals surface area contributed by atoms with Crippen LogP contribution in [-0.2, 0) is 19.5 Å². The third-order valence-electron chi connectivity index (χ3n) is 7.02. The summed E-state index contributed by atoms with van der Waals surface area (Å²) < 4.78 is 21.5. The van der Waals surface area contributed by atoms with Crippen molar-refractivity contribution in [2.45, 2.75) is 25.6 Å². The van der Waals surface area contributed by atoms with Crippen LogP contribution in [0.2, 0.25) is 0 Å². The predicted molar refractivity (Wildman–Crippen MR) is 139 cm³/mol. The number of hydrogen-bond donors (Lipinski definition) is 1. The molecule has 0 radical (unpaired) electrons. The molecule has 0 spiro atoms. The molecular weight excluding hydrogens is 475 g/mol. The van der Waals surface area contributed by atoms with Gasteiger partial charge in [0.05, 0.1) is 25.4 Å². The topological polar surface area (TPSA) is 49.7 Å². The van der Waals surface area contributed by atoms with Gasteiger partial charge in [-0.1, -0.05) is 18.2 Å². The van der Waals surface area contributed by atoms with Crippen molar-refractivity contribution in [1.82, 2.24) is 14.4 Å². The molecule has 1 N–H and O–H groups in total. The standard InChI is InChI=1S/C28H27FN4O2S/c1-31-14-12-22-23-16-33(28(34)30-20-6-3-5-19(29)15-20)26(18-8-10-21(35-2)11-9-18)24-7-4-13-32(24)27(23)36-25(22)17-31/h3-11,13,15,26H,12,14,16-17H2,1-2H3,(H,30,34)/t26-/m1/s1. The second kappa shape index (κ2) is 9.11. The van der Waals surface area contributed by atoms with Gasteiger partial charge in [0, 0.05) is 35.4 Å². The summed E-state index contributed by atoms with van der Waals surface area (Å²) in [7, 11) is 3.79. The van der Waals surface area contributed by atoms with Gasteiger partial charge in [-0.3, -0.25) is 0 Å². The number of nitrogens with one attached hydrogen (secondary N) is 1. The molecule has 0 fully saturated rings. The van der Waals surface area contributed by atoms with Gasteiger partial charge in [0.25, 0.3) is 0 Å². The number of fused-ring (bicyclic) bond motifs is 5. The number of likely N-dealkylation sites (N-methyl/N-ethyl adjacent to an activating group) is 1. The van der Waals surface area contributed by atoms with E-state index in [2.05, 4.69) is 34.1 Å². The van der Waals surface area contributed by atoms with Crippen LogP contribution in [0.25, 0.3) is 5.00 Å². The molecule has 2 aliphatic rings. The number of rotatable bonds is 3. The van der Waals surface area contributed by atoms with Crippen LogP contribution in [0.3, 0.4) is 0 Å². The van der Waals surface area contributed by atoms with E-state index in [-0.39, 0.29) is 17.9 Å². The third-order valence-corrected chi connectivity index (χ3v) is 8.28. The SMILES string of the molecule is COc1ccc([C@@H]2c3cccn3-c3sc4c(c3CN2C(=O)Nc2cccc(F)c2)CCN(C)C4)cc1. The lowest BCUT2D eigenvalue weighted by Crippen LogP contribution is -2.38. The molecule has 2 amide bonds. The zero-order chi connectivity index (χ0) is 24.8. The molecule has 6 rings (SSSR count). The smallest absolute Gasteiger partial charge is 0.322 e. The van der Waals surface area contributed by atoms with Crippen LogP contribution in [0.1, 0.15) is 33.3 Å². The van der Waals surface area contributed by atoms with Gasteiger partial charge in [-0.05, 0) is 67.1 Å². The molecular formula is C28H27FN4O2S. The minimum atomic E-state index is -0.387. The molecule has 6 nitrogen and oxygen atoms in total. The fraction of sp³-hybridized carbons (Fsp3) is 0.250. The summed E-state index contributed by atoms with van der Waals surface area (Å²) in [5.41, 5.74) is 4.98. The van der Waals surface area contributed by atoms with Gasteiger partial charge in [0.2, 0.25) is 0 Å². The number of carbonyl (C=O) groups excluding carboxylic acids is 1. The molecule has 184 valence electrons. The summed E-state index contributed by atoms with van der Waals surface area (Å²) in [5.74, 6) is 0.373. The Hall–Kier alpha value is -3.62. The highest BCUT2D eigenvalue weighted by Gasteiger charge is 2.36. The average molecular weight is 503 g/mol. The van der Waals surface area contributed by atoms with E-state index in [1.165, 1.54) is 33.1 Å². The number of ether oxygens (including phenoxy) is 1. The van der Waals surface area contributed by atoms with Crippen molar-refractivity contribution in [3.05, 3.63) is 99.9 Å². The van der Waals surface area contributed by atoms with E-state index in [0.29, 0.717) is 12.2 Å². The third kappa shape index (κ3) is 3.96. The average Bonchev–Trinajstić information content (AvgIpc) is 3.45. The van der Waals surface area contributed by atoms with Gasteiger partial charge < -0.3 is 24.4 Å². The summed E-state index contributed by atoms with van der Waals surface area (Å²) in [6.07, 6.45) is 3.05. The monoisotopic (exact) mass is 502 g/mol. The molecule has 4 aromatic rings. The molecule has 2 aromatic carbocycles. The lowest BCUT2D eigenvalue weighted by atomic mass is 10.00. The van der Waals surface area contributed by atoms with Gasteiger partial charge in [-0.15, -0.1) is 11.3 Å². The number of hydrogen-bond acceptors (Lipinski definition) is 4. The number of methoxy groups -OCH3 is 1. The summed E-state index contributed by atoms with van der Waals surface area (Å²) in [6.45, 7) is 2.37. The molecule has 2 aromatic heterocycles. The predicted octanol–water partition coefficient (Wildman–Crippen LogP) is 5.81. The van der Waals surface area contributed by atoms with Crippen molar-refractivity contribution in [2.75, 3.05) is 26.0 Å². The quantitative estimate of drug-likeness (QED) is 0.385. The first kappa shape index (κ1) is 22.8. The fourth-order valence-corrected chi connectivity index (χ4v) is 6.69. The Kier molecular flexibility index (Phi) is 5.78. The molecule has 4 heterocycles. The molecule has 0 unspecified atom stereocenters. The van der Waals surface area contributed by atoms with Crippen molar-refractivity contribution in [3.63, 3.8) is 0 Å². The van der Waals surface area contributed by atoms with Crippen molar-refractivity contribution in [3.8, 4) is 10.8 Å². The highest BCUT2D eigenvalue weighted by molar-refractivity contribution is 7.15. The van der Waals surface area contributed by atoms with Crippen LogP contribution in [-0.4, -0.2) is 41.1 Å². The van der Waals surface area contributed by atoms with Crippen LogP contribution in [0.15, 0.2) is 66.9 Å². The van der Waals surface area contributed by atoms with Gasteiger partial charge in [0.15, 0.2) is 0 Å². The van der Waals surface area contributed by atoms with Crippen LogP contribution < -0.4 is 10.1 Å². The van der Waals surface area contributed by atoms with Crippen LogP contribution >= 0.6 is 11.3 Å². The summed E-state index contributed by atoms with van der Waals surface area (Å²) in [4.78, 5) is 19.4. The molecule has 2 aliphatic heterocycles. The fourth-order valence-electron chi connectivity index (χ4n) is 5.25. The van der Waals surface area contributed by atoms with Crippen molar-refractivity contribution in [2.24, 2.45) is 0 Å². The molecule has 0 saturated heterocycles. The summed E-state index contributed by atoms with van der Waals surface area (Å²) in [5, 5.41) is 4.12. The lowest BCUT2D eigenvalue weighted by Gasteiger charge is -2.32. The number of nitrogens with zero attached hydrogens (tertiary/aromatic N) is 3. The number of benzene rings is 2. The number of thiophene rings is 1. The van der Waals surface area contributed by atoms with Crippen molar-refractivity contribution in [1.29, 1.82) is 0 Å². The first-order chi connectivity index (χ1) is 17.5. The second-order valence-electron chi connectivity index (χ2n) is 9.32. The number of anilines is 1. The Morgan fingerprint density at radius 3 is 2.69 bits per heavy atom. The summed E-state index contributed by atoms with van der Waals surface area (Å²) in [6, 6.07) is 17.4. The number of urea groups is 1. The highest BCUT2D eigenvalue weighted by atomic mass is 32.1. The van der Waals surface area contributed by atoms with Gasteiger partial charge in [-0.25, -0.2) is 9.18 Å². The Morgan fingerprint density at radius 1 is 1.08 bits per heavy atom. The Balaban J connectivity index is 1.48. The highest BCUT2D eigenvalue weighted by Crippen LogP contribution is 2.43. The number of carbonyl (C=O) groups is 1. The Morgan fingerprint density at radius 2 is 1.92 bits per heavy atom. The van der Waals surface area contributed by atoms with E-state index in [4.69, 9.17) is 4.74 Å². The van der Waals surface area contributed by atoms with Crippen LogP contribution in [0.4, 0.5) is 14.9 Å². The largest absolute Gasteiger partial charge is 0.497 e. The van der Waals surface area contributed by atoms with Gasteiger partial charge in [0.1, 0.15) is 16.6 Å². The molecule has 0 bridgehead atoms. The zero-order valence-electron chi connectivity index (χ0n) is 20.2. The number of aromatic nitrogens is 1. The van der Waals surface area contributed by atoms with Gasteiger partial charge in [-0.2, -0.15) is 0 Å². The first-order valence-electron chi connectivity index (χ1n) is 12.0. The second-order valence-corrected chi connectivity index (χ2v) is 10.4. The summed E-state index contributed by atoms with van der Waals surface area (Å²) >= 11 is 1.82. The number of amides is 2. The Bertz CT molecular complexity index is 1430. The van der Waals surface area contributed by atoms with E-state index in [9.17, 15) is 9.18 Å². The lowest BCUT2D eigenvalue weighted by molar-refractivity contribution is 0.194. The van der Waals surface area contributed by atoms with Crippen LogP contribution in [0.5, 0.6) is 5.75 Å². The molecule has 36 heavy (non-hydrogen) atoms. The molecule has 8 heteroatoms. The molecule has 1 atom stereocenters. The molecule has 0 aliphatic carbocycles. The molecule has 0 saturated carbocycles. The van der Waals surface area contributed by atoms with E-state index in [1.807, 2.05) is 46.6 Å². The maximum absolute atomic E-state index is 13.9. The number of halogens is 1. The minimum Gasteiger partial charge on any atom is -0.497 e. The zero-order valence-corrected chi connectivity index (χ0v) is 21.0. The first-order valence-corrected chi connectivity index (χ1v) is 12.8. The normalized spacial score (nSPS) is 17.1. The van der Waals surface area contributed by atoms with E-state index >= 15 is 0 Å². The van der Waals surface area contributed by atoms with E-state index < -0.39 is 0 Å².